The highest BCUT2D eigenvalue weighted by Gasteiger charge is 2.27. The van der Waals surface area contributed by atoms with Crippen molar-refractivity contribution in [3.05, 3.63) is 59.7 Å². The third-order valence-corrected chi connectivity index (χ3v) is 3.45. The van der Waals surface area contributed by atoms with Crippen molar-refractivity contribution in [2.24, 2.45) is 5.73 Å². The predicted molar refractivity (Wildman–Crippen MR) is 79.9 cm³/mol. The van der Waals surface area contributed by atoms with E-state index in [-0.39, 0.29) is 18.5 Å². The highest BCUT2D eigenvalue weighted by molar-refractivity contribution is 6.00. The van der Waals surface area contributed by atoms with E-state index in [0.29, 0.717) is 23.5 Å². The number of hydrogen-bond acceptors (Lipinski definition) is 4. The second-order valence-corrected chi connectivity index (χ2v) is 5.06. The SMILES string of the molecule is NC(=O)COc1ccc2c(c1)OC(c1ccccc1)CC2=O. The average molecular weight is 297 g/mol. The zero-order chi connectivity index (χ0) is 15.5. The van der Waals surface area contributed by atoms with Crippen LogP contribution in [0.15, 0.2) is 48.5 Å². The summed E-state index contributed by atoms with van der Waals surface area (Å²) in [6, 6.07) is 14.5. The summed E-state index contributed by atoms with van der Waals surface area (Å²) >= 11 is 0. The van der Waals surface area contributed by atoms with Crippen molar-refractivity contribution in [3.8, 4) is 11.5 Å². The molecule has 0 bridgehead atoms. The summed E-state index contributed by atoms with van der Waals surface area (Å²) in [7, 11) is 0. The number of rotatable bonds is 4. The Kier molecular flexibility index (Phi) is 3.78. The average Bonchev–Trinajstić information content (AvgIpc) is 2.53. The van der Waals surface area contributed by atoms with Crippen molar-refractivity contribution in [3.63, 3.8) is 0 Å². The first kappa shape index (κ1) is 14.1. The van der Waals surface area contributed by atoms with Crippen LogP contribution in [0.25, 0.3) is 0 Å². The molecule has 2 N–H and O–H groups in total. The maximum absolute atomic E-state index is 12.3. The number of benzene rings is 2. The van der Waals surface area contributed by atoms with E-state index < -0.39 is 5.91 Å². The van der Waals surface area contributed by atoms with Gasteiger partial charge in [0.05, 0.1) is 12.0 Å². The fourth-order valence-electron chi connectivity index (χ4n) is 2.40. The van der Waals surface area contributed by atoms with Gasteiger partial charge in [-0.1, -0.05) is 30.3 Å². The van der Waals surface area contributed by atoms with E-state index in [4.69, 9.17) is 15.2 Å². The van der Waals surface area contributed by atoms with Crippen LogP contribution >= 0.6 is 0 Å². The molecular formula is C17H15NO4. The van der Waals surface area contributed by atoms with Crippen LogP contribution in [0.4, 0.5) is 0 Å². The van der Waals surface area contributed by atoms with Gasteiger partial charge < -0.3 is 15.2 Å². The Labute approximate surface area is 127 Å². The Hall–Kier alpha value is -2.82. The molecule has 1 unspecified atom stereocenters. The summed E-state index contributed by atoms with van der Waals surface area (Å²) in [5.41, 5.74) is 6.52. The molecule has 0 radical (unpaired) electrons. The molecule has 0 aromatic heterocycles. The minimum absolute atomic E-state index is 0.0246. The van der Waals surface area contributed by atoms with E-state index in [9.17, 15) is 9.59 Å². The number of amides is 1. The molecule has 1 heterocycles. The van der Waals surface area contributed by atoms with E-state index in [1.54, 1.807) is 18.2 Å². The monoisotopic (exact) mass is 297 g/mol. The van der Waals surface area contributed by atoms with Gasteiger partial charge >= 0.3 is 0 Å². The van der Waals surface area contributed by atoms with Crippen molar-refractivity contribution < 1.29 is 19.1 Å². The van der Waals surface area contributed by atoms with Crippen molar-refractivity contribution in [2.75, 3.05) is 6.61 Å². The van der Waals surface area contributed by atoms with Gasteiger partial charge in [-0.25, -0.2) is 0 Å². The molecule has 0 spiro atoms. The number of carbonyl (C=O) groups is 2. The second-order valence-electron chi connectivity index (χ2n) is 5.06. The molecule has 1 atom stereocenters. The Morgan fingerprint density at radius 1 is 1.23 bits per heavy atom. The van der Waals surface area contributed by atoms with Crippen LogP contribution in [0.5, 0.6) is 11.5 Å². The zero-order valence-corrected chi connectivity index (χ0v) is 11.8. The summed E-state index contributed by atoms with van der Waals surface area (Å²) in [4.78, 5) is 23.0. The van der Waals surface area contributed by atoms with Crippen LogP contribution in [0, 0.1) is 0 Å². The molecule has 0 saturated carbocycles. The standard InChI is InChI=1S/C17H15NO4/c18-17(20)10-21-12-6-7-13-14(19)9-15(22-16(13)8-12)11-4-2-1-3-5-11/h1-8,15H,9-10H2,(H2,18,20). The molecule has 22 heavy (non-hydrogen) atoms. The van der Waals surface area contributed by atoms with Crippen molar-refractivity contribution >= 4 is 11.7 Å². The lowest BCUT2D eigenvalue weighted by Gasteiger charge is -2.25. The Morgan fingerprint density at radius 2 is 2.00 bits per heavy atom. The highest BCUT2D eigenvalue weighted by atomic mass is 16.5. The lowest BCUT2D eigenvalue weighted by atomic mass is 9.96. The molecule has 1 aliphatic heterocycles. The Bertz CT molecular complexity index is 712. The van der Waals surface area contributed by atoms with Gasteiger partial charge in [0, 0.05) is 6.07 Å². The molecule has 1 aliphatic rings. The third kappa shape index (κ3) is 2.93. The molecule has 0 saturated heterocycles. The number of ketones is 1. The van der Waals surface area contributed by atoms with Crippen LogP contribution in [0.1, 0.15) is 28.4 Å². The molecule has 2 aromatic rings. The van der Waals surface area contributed by atoms with Gasteiger partial charge in [0.25, 0.3) is 5.91 Å². The molecule has 2 aromatic carbocycles. The first-order valence-corrected chi connectivity index (χ1v) is 6.93. The minimum atomic E-state index is -0.558. The third-order valence-electron chi connectivity index (χ3n) is 3.45. The Balaban J connectivity index is 1.85. The van der Waals surface area contributed by atoms with E-state index >= 15 is 0 Å². The summed E-state index contributed by atoms with van der Waals surface area (Å²) in [6.45, 7) is -0.213. The topological polar surface area (TPSA) is 78.6 Å². The van der Waals surface area contributed by atoms with Gasteiger partial charge in [0.1, 0.15) is 17.6 Å². The molecule has 112 valence electrons. The van der Waals surface area contributed by atoms with Crippen LogP contribution < -0.4 is 15.2 Å². The van der Waals surface area contributed by atoms with Crippen LogP contribution in [-0.2, 0) is 4.79 Å². The molecule has 0 fully saturated rings. The molecule has 5 heteroatoms. The largest absolute Gasteiger partial charge is 0.484 e. The van der Waals surface area contributed by atoms with Crippen molar-refractivity contribution in [1.82, 2.24) is 0 Å². The lowest BCUT2D eigenvalue weighted by Crippen LogP contribution is -2.21. The first-order chi connectivity index (χ1) is 10.6. The maximum Gasteiger partial charge on any atom is 0.255 e. The van der Waals surface area contributed by atoms with E-state index in [1.807, 2.05) is 30.3 Å². The quantitative estimate of drug-likeness (QED) is 0.938. The zero-order valence-electron chi connectivity index (χ0n) is 11.8. The van der Waals surface area contributed by atoms with E-state index in [0.717, 1.165) is 5.56 Å². The van der Waals surface area contributed by atoms with Crippen LogP contribution in [0.3, 0.4) is 0 Å². The summed E-state index contributed by atoms with van der Waals surface area (Å²) in [6.07, 6.45) is -0.00835. The number of nitrogens with two attached hydrogens (primary N) is 1. The number of hydrogen-bond donors (Lipinski definition) is 1. The minimum Gasteiger partial charge on any atom is -0.484 e. The number of fused-ring (bicyclic) bond motifs is 1. The highest BCUT2D eigenvalue weighted by Crippen LogP contribution is 2.36. The second kappa shape index (κ2) is 5.89. The lowest BCUT2D eigenvalue weighted by molar-refractivity contribution is -0.119. The van der Waals surface area contributed by atoms with Gasteiger partial charge in [-0.05, 0) is 17.7 Å². The summed E-state index contributed by atoms with van der Waals surface area (Å²) in [5, 5.41) is 0. The van der Waals surface area contributed by atoms with Gasteiger partial charge in [-0.15, -0.1) is 0 Å². The molecule has 3 rings (SSSR count). The van der Waals surface area contributed by atoms with Crippen LogP contribution in [-0.4, -0.2) is 18.3 Å². The number of primary amides is 1. The molecule has 5 nitrogen and oxygen atoms in total. The Morgan fingerprint density at radius 3 is 2.73 bits per heavy atom. The van der Waals surface area contributed by atoms with E-state index in [2.05, 4.69) is 0 Å². The van der Waals surface area contributed by atoms with Gasteiger partial charge in [-0.2, -0.15) is 0 Å². The van der Waals surface area contributed by atoms with Crippen molar-refractivity contribution in [1.29, 1.82) is 0 Å². The smallest absolute Gasteiger partial charge is 0.255 e. The maximum atomic E-state index is 12.3. The fourth-order valence-corrected chi connectivity index (χ4v) is 2.40. The normalized spacial score (nSPS) is 16.5. The van der Waals surface area contributed by atoms with Gasteiger partial charge in [-0.3, -0.25) is 9.59 Å². The van der Waals surface area contributed by atoms with Crippen LogP contribution in [0.2, 0.25) is 0 Å². The predicted octanol–water partition coefficient (Wildman–Crippen LogP) is 2.26. The molecular weight excluding hydrogens is 282 g/mol. The number of ether oxygens (including phenoxy) is 2. The van der Waals surface area contributed by atoms with Crippen molar-refractivity contribution in [2.45, 2.75) is 12.5 Å². The van der Waals surface area contributed by atoms with Gasteiger partial charge in [0.15, 0.2) is 12.4 Å². The van der Waals surface area contributed by atoms with Gasteiger partial charge in [0.2, 0.25) is 0 Å². The summed E-state index contributed by atoms with van der Waals surface area (Å²) < 4.78 is 11.2. The number of Topliss-reactive ketones (excluding diaryl/α,β-unsaturated/α-hetero) is 1. The first-order valence-electron chi connectivity index (χ1n) is 6.93. The fraction of sp³-hybridized carbons (Fsp3) is 0.176. The number of carbonyl (C=O) groups excluding carboxylic acids is 2. The molecule has 1 amide bonds. The summed E-state index contributed by atoms with van der Waals surface area (Å²) in [5.74, 6) is 0.375. The molecule has 0 aliphatic carbocycles. The van der Waals surface area contributed by atoms with E-state index in [1.165, 1.54) is 0 Å².